The van der Waals surface area contributed by atoms with Crippen molar-refractivity contribution in [1.29, 1.82) is 0 Å². The third-order valence-electron chi connectivity index (χ3n) is 3.52. The van der Waals surface area contributed by atoms with Crippen molar-refractivity contribution in [2.24, 2.45) is 0 Å². The SMILES string of the molecule is O=C(N[C@@H]1CCCC[C@H]1O)c1cc(F)c([N+](=O)[O-])cc1F. The van der Waals surface area contributed by atoms with E-state index in [0.29, 0.717) is 25.0 Å². The summed E-state index contributed by atoms with van der Waals surface area (Å²) in [5.74, 6) is -3.35. The van der Waals surface area contributed by atoms with Gasteiger partial charge in [0.1, 0.15) is 5.82 Å². The van der Waals surface area contributed by atoms with Crippen molar-refractivity contribution < 1.29 is 23.6 Å². The molecule has 21 heavy (non-hydrogen) atoms. The first-order chi connectivity index (χ1) is 9.90. The van der Waals surface area contributed by atoms with Gasteiger partial charge in [0.05, 0.1) is 28.7 Å². The molecule has 1 saturated carbocycles. The number of aliphatic hydroxyl groups is 1. The Morgan fingerprint density at radius 2 is 1.95 bits per heavy atom. The number of hydrogen-bond donors (Lipinski definition) is 2. The lowest BCUT2D eigenvalue weighted by Crippen LogP contribution is -2.45. The zero-order chi connectivity index (χ0) is 15.6. The molecule has 0 aromatic heterocycles. The number of carbonyl (C=O) groups is 1. The summed E-state index contributed by atoms with van der Waals surface area (Å²) in [6.45, 7) is 0. The van der Waals surface area contributed by atoms with Crippen LogP contribution in [-0.4, -0.2) is 28.1 Å². The molecule has 0 heterocycles. The molecule has 1 aromatic rings. The summed E-state index contributed by atoms with van der Waals surface area (Å²) in [7, 11) is 0. The zero-order valence-corrected chi connectivity index (χ0v) is 11.0. The second-order valence-corrected chi connectivity index (χ2v) is 4.97. The molecule has 2 N–H and O–H groups in total. The third-order valence-corrected chi connectivity index (χ3v) is 3.52. The fourth-order valence-corrected chi connectivity index (χ4v) is 2.38. The van der Waals surface area contributed by atoms with Crippen LogP contribution in [-0.2, 0) is 0 Å². The standard InChI is InChI=1S/C13H14F2N2O4/c14-8-6-11(17(20)21)9(15)5-7(8)13(19)16-10-3-1-2-4-12(10)18/h5-6,10,12,18H,1-4H2,(H,16,19)/t10-,12-/m1/s1. The minimum atomic E-state index is -1.28. The fraction of sp³-hybridized carbons (Fsp3) is 0.462. The Balaban J connectivity index is 2.19. The molecule has 8 heteroatoms. The van der Waals surface area contributed by atoms with E-state index in [1.54, 1.807) is 0 Å². The zero-order valence-electron chi connectivity index (χ0n) is 11.0. The molecule has 1 aliphatic carbocycles. The third kappa shape index (κ3) is 3.33. The quantitative estimate of drug-likeness (QED) is 0.658. The summed E-state index contributed by atoms with van der Waals surface area (Å²) >= 11 is 0. The van der Waals surface area contributed by atoms with E-state index in [1.807, 2.05) is 0 Å². The number of benzene rings is 1. The predicted octanol–water partition coefficient (Wildman–Crippen LogP) is 1.91. The largest absolute Gasteiger partial charge is 0.391 e. The molecule has 1 fully saturated rings. The van der Waals surface area contributed by atoms with Crippen LogP contribution >= 0.6 is 0 Å². The second kappa shape index (κ2) is 6.13. The number of nitrogens with one attached hydrogen (secondary N) is 1. The molecular formula is C13H14F2N2O4. The average Bonchev–Trinajstić information content (AvgIpc) is 2.43. The molecule has 1 amide bonds. The van der Waals surface area contributed by atoms with Crippen molar-refractivity contribution in [2.45, 2.75) is 37.8 Å². The number of amides is 1. The van der Waals surface area contributed by atoms with Gasteiger partial charge in [0, 0.05) is 0 Å². The van der Waals surface area contributed by atoms with Crippen molar-refractivity contribution in [3.8, 4) is 0 Å². The van der Waals surface area contributed by atoms with Gasteiger partial charge in [-0.3, -0.25) is 14.9 Å². The van der Waals surface area contributed by atoms with Crippen LogP contribution < -0.4 is 5.32 Å². The van der Waals surface area contributed by atoms with Crippen LogP contribution in [0.15, 0.2) is 12.1 Å². The first-order valence-electron chi connectivity index (χ1n) is 6.52. The Kier molecular flexibility index (Phi) is 4.46. The van der Waals surface area contributed by atoms with Crippen LogP contribution in [0.3, 0.4) is 0 Å². The summed E-state index contributed by atoms with van der Waals surface area (Å²) in [6, 6.07) is 0.350. The first-order valence-corrected chi connectivity index (χ1v) is 6.52. The van der Waals surface area contributed by atoms with Gasteiger partial charge in [-0.05, 0) is 18.9 Å². The molecule has 0 saturated heterocycles. The number of nitrogens with zero attached hydrogens (tertiary/aromatic N) is 1. The van der Waals surface area contributed by atoms with Crippen molar-refractivity contribution in [3.05, 3.63) is 39.4 Å². The monoisotopic (exact) mass is 300 g/mol. The second-order valence-electron chi connectivity index (χ2n) is 4.97. The Bertz CT molecular complexity index is 580. The first kappa shape index (κ1) is 15.3. The maximum Gasteiger partial charge on any atom is 0.307 e. The van der Waals surface area contributed by atoms with Crippen molar-refractivity contribution in [1.82, 2.24) is 5.32 Å². The predicted molar refractivity (Wildman–Crippen MR) is 68.7 cm³/mol. The van der Waals surface area contributed by atoms with Crippen LogP contribution in [0.2, 0.25) is 0 Å². The maximum absolute atomic E-state index is 13.7. The summed E-state index contributed by atoms with van der Waals surface area (Å²) in [5.41, 5.74) is -1.64. The highest BCUT2D eigenvalue weighted by molar-refractivity contribution is 5.95. The van der Waals surface area contributed by atoms with Gasteiger partial charge in [0.15, 0.2) is 0 Å². The fourth-order valence-electron chi connectivity index (χ4n) is 2.38. The van der Waals surface area contributed by atoms with E-state index in [1.165, 1.54) is 0 Å². The molecule has 6 nitrogen and oxygen atoms in total. The molecule has 1 aromatic carbocycles. The van der Waals surface area contributed by atoms with E-state index in [0.717, 1.165) is 12.8 Å². The number of halogens is 2. The highest BCUT2D eigenvalue weighted by atomic mass is 19.1. The topological polar surface area (TPSA) is 92.5 Å². The molecule has 114 valence electrons. The molecule has 0 bridgehead atoms. The Labute approximate surface area is 118 Å². The minimum absolute atomic E-state index is 0.377. The molecule has 0 radical (unpaired) electrons. The average molecular weight is 300 g/mol. The number of nitro benzene ring substituents is 1. The summed E-state index contributed by atoms with van der Waals surface area (Å²) < 4.78 is 27.2. The van der Waals surface area contributed by atoms with Crippen LogP contribution in [0.1, 0.15) is 36.0 Å². The van der Waals surface area contributed by atoms with E-state index in [9.17, 15) is 28.8 Å². The van der Waals surface area contributed by atoms with Crippen molar-refractivity contribution >= 4 is 11.6 Å². The summed E-state index contributed by atoms with van der Waals surface area (Å²) in [5, 5.41) is 22.7. The van der Waals surface area contributed by atoms with Gasteiger partial charge in [-0.1, -0.05) is 12.8 Å². The normalized spacial score (nSPS) is 21.9. The lowest BCUT2D eigenvalue weighted by Gasteiger charge is -2.28. The van der Waals surface area contributed by atoms with Crippen LogP contribution in [0.25, 0.3) is 0 Å². The van der Waals surface area contributed by atoms with E-state index in [4.69, 9.17) is 0 Å². The molecule has 2 rings (SSSR count). The molecule has 1 aliphatic rings. The lowest BCUT2D eigenvalue weighted by molar-refractivity contribution is -0.387. The highest BCUT2D eigenvalue weighted by Gasteiger charge is 2.27. The Hall–Kier alpha value is -2.09. The van der Waals surface area contributed by atoms with Crippen molar-refractivity contribution in [3.63, 3.8) is 0 Å². The Morgan fingerprint density at radius 3 is 2.57 bits per heavy atom. The van der Waals surface area contributed by atoms with Gasteiger partial charge in [-0.15, -0.1) is 0 Å². The Morgan fingerprint density at radius 1 is 1.29 bits per heavy atom. The number of nitro groups is 1. The van der Waals surface area contributed by atoms with E-state index in [-0.39, 0.29) is 0 Å². The molecule has 0 unspecified atom stereocenters. The van der Waals surface area contributed by atoms with Gasteiger partial charge in [-0.2, -0.15) is 4.39 Å². The molecule has 0 spiro atoms. The van der Waals surface area contributed by atoms with Crippen LogP contribution in [0.5, 0.6) is 0 Å². The smallest absolute Gasteiger partial charge is 0.307 e. The number of carbonyl (C=O) groups excluding carboxylic acids is 1. The van der Waals surface area contributed by atoms with E-state index in [2.05, 4.69) is 5.32 Å². The van der Waals surface area contributed by atoms with E-state index < -0.39 is 45.9 Å². The highest BCUT2D eigenvalue weighted by Crippen LogP contribution is 2.23. The number of aliphatic hydroxyl groups excluding tert-OH is 1. The maximum atomic E-state index is 13.7. The molecular weight excluding hydrogens is 286 g/mol. The van der Waals surface area contributed by atoms with Crippen molar-refractivity contribution in [2.75, 3.05) is 0 Å². The number of rotatable bonds is 3. The van der Waals surface area contributed by atoms with Crippen LogP contribution in [0.4, 0.5) is 14.5 Å². The molecule has 0 aliphatic heterocycles. The molecule has 2 atom stereocenters. The van der Waals surface area contributed by atoms with Gasteiger partial charge < -0.3 is 10.4 Å². The number of hydrogen-bond acceptors (Lipinski definition) is 4. The lowest BCUT2D eigenvalue weighted by atomic mass is 9.92. The van der Waals surface area contributed by atoms with Crippen LogP contribution in [0, 0.1) is 21.7 Å². The van der Waals surface area contributed by atoms with Gasteiger partial charge >= 0.3 is 5.69 Å². The van der Waals surface area contributed by atoms with Gasteiger partial charge in [0.2, 0.25) is 5.82 Å². The minimum Gasteiger partial charge on any atom is -0.391 e. The van der Waals surface area contributed by atoms with E-state index >= 15 is 0 Å². The van der Waals surface area contributed by atoms with Gasteiger partial charge in [-0.25, -0.2) is 4.39 Å². The summed E-state index contributed by atoms with van der Waals surface area (Å²) in [6.07, 6.45) is 2.01. The summed E-state index contributed by atoms with van der Waals surface area (Å²) in [4.78, 5) is 21.3. The van der Waals surface area contributed by atoms with Gasteiger partial charge in [0.25, 0.3) is 5.91 Å².